The SMILES string of the molecule is CCC1=Cc2c(-c3ccc(C(C)(C)C)cc3)cccc2C1[Si](C)(C)C1C(C)=Cc2c(-c3ccc(C)cc3)cccc21. The first-order valence-electron chi connectivity index (χ1n) is 15.3. The minimum Gasteiger partial charge on any atom is -0.0679 e. The molecule has 4 aromatic carbocycles. The van der Waals surface area contributed by atoms with E-state index in [-0.39, 0.29) is 5.41 Å². The summed E-state index contributed by atoms with van der Waals surface area (Å²) < 4.78 is 0. The van der Waals surface area contributed by atoms with Gasteiger partial charge in [0.1, 0.15) is 0 Å². The van der Waals surface area contributed by atoms with Crippen molar-refractivity contribution in [2.45, 2.75) is 77.6 Å². The zero-order valence-electron chi connectivity index (χ0n) is 26.1. The average molecular weight is 553 g/mol. The molecule has 0 saturated carbocycles. The molecule has 0 radical (unpaired) electrons. The Labute approximate surface area is 248 Å². The largest absolute Gasteiger partial charge is 0.0722 e. The van der Waals surface area contributed by atoms with E-state index >= 15 is 0 Å². The molecule has 0 spiro atoms. The van der Waals surface area contributed by atoms with Gasteiger partial charge in [0.15, 0.2) is 0 Å². The Morgan fingerprint density at radius 3 is 1.68 bits per heavy atom. The van der Waals surface area contributed by atoms with Crippen LogP contribution in [0.2, 0.25) is 13.1 Å². The normalized spacial score (nSPS) is 18.1. The van der Waals surface area contributed by atoms with Gasteiger partial charge < -0.3 is 0 Å². The van der Waals surface area contributed by atoms with Crippen LogP contribution >= 0.6 is 0 Å². The smallest absolute Gasteiger partial charge is 0.0679 e. The van der Waals surface area contributed by atoms with E-state index in [4.69, 9.17) is 0 Å². The Morgan fingerprint density at radius 1 is 0.634 bits per heavy atom. The Hall–Kier alpha value is -3.42. The van der Waals surface area contributed by atoms with Crippen molar-refractivity contribution in [3.63, 3.8) is 0 Å². The Balaban J connectivity index is 1.43. The van der Waals surface area contributed by atoms with Gasteiger partial charge in [0.05, 0.1) is 8.07 Å². The molecule has 0 bridgehead atoms. The highest BCUT2D eigenvalue weighted by Crippen LogP contribution is 2.54. The van der Waals surface area contributed by atoms with E-state index in [1.54, 1.807) is 11.1 Å². The fourth-order valence-electron chi connectivity index (χ4n) is 7.74. The molecule has 2 aliphatic rings. The van der Waals surface area contributed by atoms with Crippen LogP contribution in [0.15, 0.2) is 96.1 Å². The summed E-state index contributed by atoms with van der Waals surface area (Å²) >= 11 is 0. The lowest BCUT2D eigenvalue weighted by Gasteiger charge is -2.39. The van der Waals surface area contributed by atoms with E-state index in [0.717, 1.165) is 6.42 Å². The monoisotopic (exact) mass is 552 g/mol. The van der Waals surface area contributed by atoms with E-state index in [0.29, 0.717) is 11.1 Å². The van der Waals surface area contributed by atoms with Gasteiger partial charge in [0.2, 0.25) is 0 Å². The van der Waals surface area contributed by atoms with Crippen molar-refractivity contribution < 1.29 is 0 Å². The maximum atomic E-state index is 2.65. The molecular weight excluding hydrogens is 509 g/mol. The molecule has 6 rings (SSSR count). The molecule has 0 N–H and O–H groups in total. The zero-order valence-corrected chi connectivity index (χ0v) is 27.1. The fourth-order valence-corrected chi connectivity index (χ4v) is 12.7. The van der Waals surface area contributed by atoms with Crippen LogP contribution in [0.4, 0.5) is 0 Å². The maximum absolute atomic E-state index is 2.65. The van der Waals surface area contributed by atoms with Gasteiger partial charge in [0, 0.05) is 11.1 Å². The molecule has 0 saturated heterocycles. The number of benzene rings is 4. The third-order valence-electron chi connectivity index (χ3n) is 9.75. The molecule has 41 heavy (non-hydrogen) atoms. The molecule has 4 aromatic rings. The summed E-state index contributed by atoms with van der Waals surface area (Å²) in [6.07, 6.45) is 6.16. The maximum Gasteiger partial charge on any atom is 0.0722 e. The Bertz CT molecular complexity index is 1670. The summed E-state index contributed by atoms with van der Waals surface area (Å²) in [6, 6.07) is 32.4. The van der Waals surface area contributed by atoms with Crippen LogP contribution in [0, 0.1) is 6.92 Å². The number of hydrogen-bond acceptors (Lipinski definition) is 0. The highest BCUT2D eigenvalue weighted by atomic mass is 28.3. The Morgan fingerprint density at radius 2 is 1.15 bits per heavy atom. The number of fused-ring (bicyclic) bond motifs is 2. The van der Waals surface area contributed by atoms with Crippen LogP contribution in [0.1, 0.15) is 85.5 Å². The molecule has 2 aliphatic carbocycles. The highest BCUT2D eigenvalue weighted by molar-refractivity contribution is 6.81. The van der Waals surface area contributed by atoms with Crippen LogP contribution in [-0.4, -0.2) is 8.07 Å². The van der Waals surface area contributed by atoms with Gasteiger partial charge in [-0.05, 0) is 75.8 Å². The van der Waals surface area contributed by atoms with Gasteiger partial charge in [-0.1, -0.05) is 155 Å². The summed E-state index contributed by atoms with van der Waals surface area (Å²) in [6.45, 7) is 19.1. The molecule has 0 fully saturated rings. The molecular formula is C40H44Si. The molecule has 0 aliphatic heterocycles. The van der Waals surface area contributed by atoms with Crippen LogP contribution in [0.3, 0.4) is 0 Å². The first-order valence-corrected chi connectivity index (χ1v) is 18.5. The average Bonchev–Trinajstić information content (AvgIpc) is 3.51. The third kappa shape index (κ3) is 4.69. The van der Waals surface area contributed by atoms with Crippen LogP contribution < -0.4 is 0 Å². The molecule has 208 valence electrons. The lowest BCUT2D eigenvalue weighted by Crippen LogP contribution is -2.42. The minimum absolute atomic E-state index is 0.162. The van der Waals surface area contributed by atoms with E-state index in [2.05, 4.69) is 152 Å². The topological polar surface area (TPSA) is 0 Å². The molecule has 0 amide bonds. The fraction of sp³-hybridized carbons (Fsp3) is 0.300. The lowest BCUT2D eigenvalue weighted by atomic mass is 9.86. The number of hydrogen-bond donors (Lipinski definition) is 0. The predicted molar refractivity (Wildman–Crippen MR) is 182 cm³/mol. The van der Waals surface area contributed by atoms with Gasteiger partial charge in [-0.15, -0.1) is 0 Å². The van der Waals surface area contributed by atoms with Crippen molar-refractivity contribution in [2.24, 2.45) is 0 Å². The lowest BCUT2D eigenvalue weighted by molar-refractivity contribution is 0.590. The van der Waals surface area contributed by atoms with Crippen molar-refractivity contribution >= 4 is 20.2 Å². The second kappa shape index (κ2) is 10.1. The molecule has 0 heterocycles. The summed E-state index contributed by atoms with van der Waals surface area (Å²) in [7, 11) is -1.91. The molecule has 2 unspecified atom stereocenters. The van der Waals surface area contributed by atoms with E-state index in [9.17, 15) is 0 Å². The van der Waals surface area contributed by atoms with Crippen molar-refractivity contribution in [3.8, 4) is 22.3 Å². The summed E-state index contributed by atoms with van der Waals surface area (Å²) in [5.41, 5.74) is 18.4. The van der Waals surface area contributed by atoms with Crippen molar-refractivity contribution in [1.82, 2.24) is 0 Å². The van der Waals surface area contributed by atoms with Gasteiger partial charge >= 0.3 is 0 Å². The van der Waals surface area contributed by atoms with Gasteiger partial charge in [-0.3, -0.25) is 0 Å². The van der Waals surface area contributed by atoms with Gasteiger partial charge in [-0.25, -0.2) is 0 Å². The van der Waals surface area contributed by atoms with Crippen molar-refractivity contribution in [1.29, 1.82) is 0 Å². The summed E-state index contributed by atoms with van der Waals surface area (Å²) in [5, 5.41) is 0. The number of rotatable bonds is 5. The quantitative estimate of drug-likeness (QED) is 0.216. The second-order valence-electron chi connectivity index (χ2n) is 14.0. The van der Waals surface area contributed by atoms with Crippen molar-refractivity contribution in [2.75, 3.05) is 0 Å². The molecule has 2 atom stereocenters. The molecule has 0 nitrogen and oxygen atoms in total. The van der Waals surface area contributed by atoms with E-state index < -0.39 is 8.07 Å². The highest BCUT2D eigenvalue weighted by Gasteiger charge is 2.47. The standard InChI is InChI=1S/C40H44Si/c1-9-28-25-37-33(30-20-22-31(23-21-30)40(4,5)6)13-11-15-35(37)39(28)41(7,8)38-27(3)24-36-32(12-10-14-34(36)38)29-18-16-26(2)17-19-29/h10-25,38-39H,9H2,1-8H3. The van der Waals surface area contributed by atoms with E-state index in [1.165, 1.54) is 55.6 Å². The zero-order chi connectivity index (χ0) is 29.1. The minimum atomic E-state index is -1.91. The number of aryl methyl sites for hydroxylation is 1. The van der Waals surface area contributed by atoms with Crippen LogP contribution in [-0.2, 0) is 5.41 Å². The first-order chi connectivity index (χ1) is 19.5. The summed E-state index contributed by atoms with van der Waals surface area (Å²) in [5.74, 6) is 0. The van der Waals surface area contributed by atoms with Crippen LogP contribution in [0.25, 0.3) is 34.4 Å². The van der Waals surface area contributed by atoms with Gasteiger partial charge in [0.25, 0.3) is 0 Å². The molecule has 1 heteroatoms. The third-order valence-corrected chi connectivity index (χ3v) is 14.2. The first kappa shape index (κ1) is 27.7. The second-order valence-corrected chi connectivity index (χ2v) is 18.8. The summed E-state index contributed by atoms with van der Waals surface area (Å²) in [4.78, 5) is 0. The Kier molecular flexibility index (Phi) is 6.86. The van der Waals surface area contributed by atoms with Crippen LogP contribution in [0.5, 0.6) is 0 Å². The molecule has 0 aromatic heterocycles. The van der Waals surface area contributed by atoms with E-state index in [1.807, 2.05) is 0 Å². The number of allylic oxidation sites excluding steroid dienone is 2. The van der Waals surface area contributed by atoms with Gasteiger partial charge in [-0.2, -0.15) is 0 Å². The van der Waals surface area contributed by atoms with Crippen molar-refractivity contribution in [3.05, 3.63) is 129 Å². The predicted octanol–water partition coefficient (Wildman–Crippen LogP) is 11.5.